The first-order chi connectivity index (χ1) is 12.6. The molecule has 1 aliphatic rings. The molecule has 1 fully saturated rings. The molecule has 4 nitrogen and oxygen atoms in total. The second kappa shape index (κ2) is 7.24. The van der Waals surface area contributed by atoms with E-state index in [9.17, 15) is 27.2 Å². The molecule has 1 saturated heterocycles. The van der Waals surface area contributed by atoms with E-state index in [0.29, 0.717) is 17.8 Å². The van der Waals surface area contributed by atoms with Crippen LogP contribution in [0.3, 0.4) is 0 Å². The maximum atomic E-state index is 14.3. The highest BCUT2D eigenvalue weighted by molar-refractivity contribution is 8.18. The van der Waals surface area contributed by atoms with Gasteiger partial charge in [-0.1, -0.05) is 17.7 Å². The highest BCUT2D eigenvalue weighted by Gasteiger charge is 2.35. The van der Waals surface area contributed by atoms with Crippen molar-refractivity contribution in [3.63, 3.8) is 0 Å². The molecule has 0 aliphatic carbocycles. The minimum absolute atomic E-state index is 0.0742. The van der Waals surface area contributed by atoms with Crippen molar-refractivity contribution in [2.75, 3.05) is 0 Å². The zero-order valence-electron chi connectivity index (χ0n) is 13.1. The lowest BCUT2D eigenvalue weighted by molar-refractivity contribution is -0.138. The van der Waals surface area contributed by atoms with Crippen molar-refractivity contribution in [3.8, 4) is 11.5 Å². The molecule has 3 rings (SSSR count). The number of nitrogens with one attached hydrogen (secondary N) is 1. The van der Waals surface area contributed by atoms with Gasteiger partial charge in [0.05, 0.1) is 10.5 Å². The number of alkyl halides is 3. The highest BCUT2D eigenvalue weighted by Crippen LogP contribution is 2.40. The van der Waals surface area contributed by atoms with Gasteiger partial charge in [0.15, 0.2) is 11.6 Å². The van der Waals surface area contributed by atoms with E-state index in [1.807, 2.05) is 0 Å². The number of imide groups is 1. The summed E-state index contributed by atoms with van der Waals surface area (Å²) in [7, 11) is 0. The quantitative estimate of drug-likeness (QED) is 0.520. The van der Waals surface area contributed by atoms with Gasteiger partial charge in [-0.3, -0.25) is 14.9 Å². The van der Waals surface area contributed by atoms with Gasteiger partial charge >= 0.3 is 6.18 Å². The molecule has 0 unspecified atom stereocenters. The molecule has 0 bridgehead atoms. The summed E-state index contributed by atoms with van der Waals surface area (Å²) in [5.74, 6) is -2.60. The van der Waals surface area contributed by atoms with E-state index in [1.165, 1.54) is 18.2 Å². The first-order valence-corrected chi connectivity index (χ1v) is 8.42. The van der Waals surface area contributed by atoms with Gasteiger partial charge in [0.25, 0.3) is 11.1 Å². The number of rotatable bonds is 3. The van der Waals surface area contributed by atoms with Crippen LogP contribution in [-0.4, -0.2) is 11.1 Å². The number of carbonyl (C=O) groups excluding carboxylic acids is 2. The summed E-state index contributed by atoms with van der Waals surface area (Å²) < 4.78 is 58.6. The first-order valence-electron chi connectivity index (χ1n) is 7.22. The zero-order valence-corrected chi connectivity index (χ0v) is 14.6. The Bertz CT molecular complexity index is 975. The summed E-state index contributed by atoms with van der Waals surface area (Å²) >= 11 is 6.24. The van der Waals surface area contributed by atoms with Crippen LogP contribution in [0.5, 0.6) is 11.5 Å². The van der Waals surface area contributed by atoms with E-state index in [1.54, 1.807) is 0 Å². The van der Waals surface area contributed by atoms with Crippen LogP contribution in [0, 0.1) is 5.82 Å². The minimum atomic E-state index is -4.74. The first kappa shape index (κ1) is 19.2. The molecule has 0 spiro atoms. The topological polar surface area (TPSA) is 55.4 Å². The van der Waals surface area contributed by atoms with Crippen LogP contribution in [0.1, 0.15) is 11.1 Å². The minimum Gasteiger partial charge on any atom is -0.454 e. The van der Waals surface area contributed by atoms with E-state index in [0.717, 1.165) is 18.2 Å². The number of ether oxygens (including phenoxy) is 1. The number of carbonyl (C=O) groups is 2. The molecule has 2 amide bonds. The molecule has 27 heavy (non-hydrogen) atoms. The number of thioether (sulfide) groups is 1. The van der Waals surface area contributed by atoms with E-state index in [-0.39, 0.29) is 15.5 Å². The van der Waals surface area contributed by atoms with Gasteiger partial charge in [-0.15, -0.1) is 0 Å². The lowest BCUT2D eigenvalue weighted by Gasteiger charge is -2.14. The molecule has 2 aromatic carbocycles. The van der Waals surface area contributed by atoms with Crippen molar-refractivity contribution in [2.24, 2.45) is 0 Å². The Kier molecular flexibility index (Phi) is 5.16. The standard InChI is InChI=1S/C17H8ClF4NO3S/c18-9-2-4-12(10(7-9)17(20,21)22)26-13-3-1-8(5-11(13)19)6-14-15(24)23-16(25)27-14/h1-7H,(H,23,24,25). The SMILES string of the molecule is O=C1NC(=O)C(=Cc2ccc(Oc3ccc(Cl)cc3C(F)(F)F)c(F)c2)S1. The molecule has 0 radical (unpaired) electrons. The molecule has 0 aromatic heterocycles. The molecular formula is C17H8ClF4NO3S. The predicted molar refractivity (Wildman–Crippen MR) is 92.0 cm³/mol. The summed E-state index contributed by atoms with van der Waals surface area (Å²) in [4.78, 5) is 22.7. The van der Waals surface area contributed by atoms with Crippen molar-refractivity contribution in [2.45, 2.75) is 6.18 Å². The number of halogens is 5. The average Bonchev–Trinajstić information content (AvgIpc) is 2.88. The Morgan fingerprint density at radius 3 is 2.37 bits per heavy atom. The molecule has 140 valence electrons. The van der Waals surface area contributed by atoms with Crippen LogP contribution < -0.4 is 10.1 Å². The van der Waals surface area contributed by atoms with Crippen LogP contribution in [0.25, 0.3) is 6.08 Å². The molecule has 2 aromatic rings. The third-order valence-corrected chi connectivity index (χ3v) is 4.41. The number of hydrogen-bond acceptors (Lipinski definition) is 4. The van der Waals surface area contributed by atoms with Crippen molar-refractivity contribution in [3.05, 3.63) is 63.3 Å². The van der Waals surface area contributed by atoms with E-state index < -0.39 is 40.2 Å². The van der Waals surface area contributed by atoms with Gasteiger partial charge in [-0.25, -0.2) is 4.39 Å². The maximum Gasteiger partial charge on any atom is 0.420 e. The summed E-state index contributed by atoms with van der Waals surface area (Å²) in [5.41, 5.74) is -0.905. The average molecular weight is 418 g/mol. The summed E-state index contributed by atoms with van der Waals surface area (Å²) in [6.45, 7) is 0. The van der Waals surface area contributed by atoms with Gasteiger partial charge in [0.1, 0.15) is 5.75 Å². The predicted octanol–water partition coefficient (Wildman–Crippen LogP) is 5.61. The fourth-order valence-electron chi connectivity index (χ4n) is 2.19. The van der Waals surface area contributed by atoms with Crippen LogP contribution in [-0.2, 0) is 11.0 Å². The molecule has 0 saturated carbocycles. The van der Waals surface area contributed by atoms with E-state index >= 15 is 0 Å². The molecular weight excluding hydrogens is 410 g/mol. The third-order valence-electron chi connectivity index (χ3n) is 3.36. The molecule has 1 heterocycles. The lowest BCUT2D eigenvalue weighted by Crippen LogP contribution is -2.17. The third kappa shape index (κ3) is 4.42. The fraction of sp³-hybridized carbons (Fsp3) is 0.0588. The number of amides is 2. The summed E-state index contributed by atoms with van der Waals surface area (Å²) in [5, 5.41) is 1.36. The van der Waals surface area contributed by atoms with Crippen molar-refractivity contribution < 1.29 is 31.9 Å². The molecule has 10 heteroatoms. The molecule has 0 atom stereocenters. The molecule has 1 N–H and O–H groups in total. The van der Waals surface area contributed by atoms with Crippen LogP contribution >= 0.6 is 23.4 Å². The Morgan fingerprint density at radius 2 is 1.78 bits per heavy atom. The summed E-state index contributed by atoms with van der Waals surface area (Å²) in [6.07, 6.45) is -3.46. The second-order valence-electron chi connectivity index (χ2n) is 5.28. The Morgan fingerprint density at radius 1 is 1.07 bits per heavy atom. The van der Waals surface area contributed by atoms with Gasteiger partial charge in [-0.2, -0.15) is 13.2 Å². The normalized spacial score (nSPS) is 16.0. The van der Waals surface area contributed by atoms with Crippen LogP contribution in [0.4, 0.5) is 22.4 Å². The van der Waals surface area contributed by atoms with E-state index in [2.05, 4.69) is 5.32 Å². The largest absolute Gasteiger partial charge is 0.454 e. The Labute approximate surface area is 159 Å². The van der Waals surface area contributed by atoms with Gasteiger partial charge in [0.2, 0.25) is 0 Å². The van der Waals surface area contributed by atoms with Crippen molar-refractivity contribution in [1.29, 1.82) is 0 Å². The fourth-order valence-corrected chi connectivity index (χ4v) is 3.05. The maximum absolute atomic E-state index is 14.3. The Hall–Kier alpha value is -2.52. The monoisotopic (exact) mass is 417 g/mol. The highest BCUT2D eigenvalue weighted by atomic mass is 35.5. The van der Waals surface area contributed by atoms with Gasteiger partial charge in [0, 0.05) is 5.02 Å². The lowest BCUT2D eigenvalue weighted by atomic mass is 10.1. The zero-order chi connectivity index (χ0) is 19.8. The van der Waals surface area contributed by atoms with Gasteiger partial charge < -0.3 is 4.74 Å². The van der Waals surface area contributed by atoms with Crippen LogP contribution in [0.2, 0.25) is 5.02 Å². The second-order valence-corrected chi connectivity index (χ2v) is 6.73. The van der Waals surface area contributed by atoms with Crippen molar-refractivity contribution in [1.82, 2.24) is 5.32 Å². The van der Waals surface area contributed by atoms with Crippen LogP contribution in [0.15, 0.2) is 41.3 Å². The van der Waals surface area contributed by atoms with E-state index in [4.69, 9.17) is 16.3 Å². The summed E-state index contributed by atoms with van der Waals surface area (Å²) in [6, 6.07) is 6.30. The smallest absolute Gasteiger partial charge is 0.420 e. The number of benzene rings is 2. The van der Waals surface area contributed by atoms with Crippen molar-refractivity contribution >= 4 is 40.6 Å². The molecule has 1 aliphatic heterocycles. The van der Waals surface area contributed by atoms with Gasteiger partial charge in [-0.05, 0) is 53.7 Å². The number of hydrogen-bond donors (Lipinski definition) is 1. The Balaban J connectivity index is 1.89.